The average Bonchev–Trinajstić information content (AvgIpc) is 2.56. The molecule has 5 nitrogen and oxygen atoms in total. The summed E-state index contributed by atoms with van der Waals surface area (Å²) in [7, 11) is 0. The number of carbonyl (C=O) groups excluding carboxylic acids is 2. The van der Waals surface area contributed by atoms with Crippen LogP contribution in [-0.4, -0.2) is 60.9 Å². The van der Waals surface area contributed by atoms with Gasteiger partial charge in [-0.05, 0) is 19.1 Å². The molecule has 1 aliphatic heterocycles. The fourth-order valence-electron chi connectivity index (χ4n) is 2.47. The Kier molecular flexibility index (Phi) is 5.75. The molecule has 0 aliphatic carbocycles. The van der Waals surface area contributed by atoms with Crippen molar-refractivity contribution in [3.63, 3.8) is 0 Å². The van der Waals surface area contributed by atoms with E-state index in [9.17, 15) is 9.59 Å². The molecule has 0 bridgehead atoms. The Hall–Kier alpha value is -1.88. The van der Waals surface area contributed by atoms with Gasteiger partial charge in [-0.25, -0.2) is 0 Å². The Balaban J connectivity index is 1.87. The van der Waals surface area contributed by atoms with Gasteiger partial charge in [-0.2, -0.15) is 0 Å². The second kappa shape index (κ2) is 7.78. The van der Waals surface area contributed by atoms with E-state index >= 15 is 0 Å². The monoisotopic (exact) mass is 289 g/mol. The molecule has 2 amide bonds. The molecule has 1 saturated heterocycles. The molecule has 0 unspecified atom stereocenters. The molecule has 0 radical (unpaired) electrons. The highest BCUT2D eigenvalue weighted by atomic mass is 16.2. The van der Waals surface area contributed by atoms with Crippen LogP contribution in [0.2, 0.25) is 0 Å². The van der Waals surface area contributed by atoms with E-state index < -0.39 is 0 Å². The molecule has 21 heavy (non-hydrogen) atoms. The van der Waals surface area contributed by atoms with E-state index in [-0.39, 0.29) is 11.8 Å². The lowest BCUT2D eigenvalue weighted by molar-refractivity contribution is -0.131. The lowest BCUT2D eigenvalue weighted by atomic mass is 10.2. The third-order valence-electron chi connectivity index (χ3n) is 3.75. The van der Waals surface area contributed by atoms with E-state index in [0.717, 1.165) is 26.2 Å². The van der Waals surface area contributed by atoms with Crippen LogP contribution >= 0.6 is 0 Å². The van der Waals surface area contributed by atoms with Crippen LogP contribution in [0, 0.1) is 0 Å². The van der Waals surface area contributed by atoms with Crippen molar-refractivity contribution in [1.82, 2.24) is 15.1 Å². The second-order valence-corrected chi connectivity index (χ2v) is 5.13. The standard InChI is InChI=1S/C16H23N3O2/c1-2-18(16(21)14-6-4-3-5-7-14)11-8-15(20)19-12-9-17-10-13-19/h3-7,17H,2,8-13H2,1H3. The fraction of sp³-hybridized carbons (Fsp3) is 0.500. The summed E-state index contributed by atoms with van der Waals surface area (Å²) in [5.74, 6) is 0.127. The highest BCUT2D eigenvalue weighted by molar-refractivity contribution is 5.94. The summed E-state index contributed by atoms with van der Waals surface area (Å²) in [5, 5.41) is 3.23. The molecule has 1 aromatic rings. The molecule has 1 aromatic carbocycles. The fourth-order valence-corrected chi connectivity index (χ4v) is 2.47. The number of benzene rings is 1. The Morgan fingerprint density at radius 2 is 1.86 bits per heavy atom. The number of hydrogen-bond donors (Lipinski definition) is 1. The van der Waals surface area contributed by atoms with E-state index in [1.165, 1.54) is 0 Å². The topological polar surface area (TPSA) is 52.7 Å². The third kappa shape index (κ3) is 4.29. The van der Waals surface area contributed by atoms with Crippen molar-refractivity contribution in [1.29, 1.82) is 0 Å². The van der Waals surface area contributed by atoms with Gasteiger partial charge in [0.15, 0.2) is 0 Å². The Morgan fingerprint density at radius 3 is 2.48 bits per heavy atom. The largest absolute Gasteiger partial charge is 0.340 e. The predicted octanol–water partition coefficient (Wildman–Crippen LogP) is 0.971. The molecule has 0 aromatic heterocycles. The minimum absolute atomic E-state index is 0.00814. The van der Waals surface area contributed by atoms with Crippen molar-refractivity contribution >= 4 is 11.8 Å². The van der Waals surface area contributed by atoms with Gasteiger partial charge < -0.3 is 15.1 Å². The van der Waals surface area contributed by atoms with Crippen LogP contribution in [0.1, 0.15) is 23.7 Å². The van der Waals surface area contributed by atoms with E-state index in [1.807, 2.05) is 42.2 Å². The summed E-state index contributed by atoms with van der Waals surface area (Å²) in [6, 6.07) is 9.22. The SMILES string of the molecule is CCN(CCC(=O)N1CCNCC1)C(=O)c1ccccc1. The van der Waals surface area contributed by atoms with Gasteiger partial charge in [-0.15, -0.1) is 0 Å². The van der Waals surface area contributed by atoms with Crippen LogP contribution < -0.4 is 5.32 Å². The zero-order valence-corrected chi connectivity index (χ0v) is 12.5. The van der Waals surface area contributed by atoms with Crippen LogP contribution in [0.15, 0.2) is 30.3 Å². The van der Waals surface area contributed by atoms with Gasteiger partial charge in [-0.1, -0.05) is 18.2 Å². The maximum atomic E-state index is 12.4. The van der Waals surface area contributed by atoms with Crippen LogP contribution in [0.4, 0.5) is 0 Å². The van der Waals surface area contributed by atoms with Crippen LogP contribution in [-0.2, 0) is 4.79 Å². The van der Waals surface area contributed by atoms with Crippen molar-refractivity contribution in [3.8, 4) is 0 Å². The first kappa shape index (κ1) is 15.5. The number of carbonyl (C=O) groups is 2. The number of nitrogens with zero attached hydrogens (tertiary/aromatic N) is 2. The second-order valence-electron chi connectivity index (χ2n) is 5.13. The molecule has 2 rings (SSSR count). The zero-order valence-electron chi connectivity index (χ0n) is 12.5. The average molecular weight is 289 g/mol. The van der Waals surface area contributed by atoms with E-state index in [2.05, 4.69) is 5.32 Å². The van der Waals surface area contributed by atoms with E-state index in [4.69, 9.17) is 0 Å². The molecule has 0 saturated carbocycles. The number of nitrogens with one attached hydrogen (secondary N) is 1. The summed E-state index contributed by atoms with van der Waals surface area (Å²) in [6.07, 6.45) is 0.395. The number of piperazine rings is 1. The molecule has 0 spiro atoms. The first-order valence-electron chi connectivity index (χ1n) is 7.55. The summed E-state index contributed by atoms with van der Waals surface area (Å²) in [6.45, 7) is 6.26. The lowest BCUT2D eigenvalue weighted by Gasteiger charge is -2.28. The molecule has 1 N–H and O–H groups in total. The molecular formula is C16H23N3O2. The van der Waals surface area contributed by atoms with Crippen LogP contribution in [0.5, 0.6) is 0 Å². The van der Waals surface area contributed by atoms with E-state index in [1.54, 1.807) is 4.90 Å². The lowest BCUT2D eigenvalue weighted by Crippen LogP contribution is -2.47. The highest BCUT2D eigenvalue weighted by Gasteiger charge is 2.19. The molecule has 114 valence electrons. The maximum absolute atomic E-state index is 12.4. The Labute approximate surface area is 125 Å². The minimum atomic E-state index is -0.00814. The van der Waals surface area contributed by atoms with Gasteiger partial charge >= 0.3 is 0 Å². The normalized spacial score (nSPS) is 14.8. The predicted molar refractivity (Wildman–Crippen MR) is 82.1 cm³/mol. The summed E-state index contributed by atoms with van der Waals surface area (Å²) in [4.78, 5) is 28.1. The van der Waals surface area contributed by atoms with Crippen molar-refractivity contribution < 1.29 is 9.59 Å². The minimum Gasteiger partial charge on any atom is -0.340 e. The third-order valence-corrected chi connectivity index (χ3v) is 3.75. The number of hydrogen-bond acceptors (Lipinski definition) is 3. The summed E-state index contributed by atoms with van der Waals surface area (Å²) in [5.41, 5.74) is 0.675. The van der Waals surface area contributed by atoms with Gasteiger partial charge in [0.05, 0.1) is 0 Å². The van der Waals surface area contributed by atoms with Gasteiger partial charge in [0.2, 0.25) is 5.91 Å². The van der Waals surface area contributed by atoms with Gasteiger partial charge in [0.1, 0.15) is 0 Å². The van der Waals surface area contributed by atoms with Gasteiger partial charge in [-0.3, -0.25) is 9.59 Å². The summed E-state index contributed by atoms with van der Waals surface area (Å²) >= 11 is 0. The molecule has 1 fully saturated rings. The zero-order chi connectivity index (χ0) is 15.1. The number of rotatable bonds is 5. The Morgan fingerprint density at radius 1 is 1.19 bits per heavy atom. The smallest absolute Gasteiger partial charge is 0.253 e. The van der Waals surface area contributed by atoms with Crippen molar-refractivity contribution in [2.24, 2.45) is 0 Å². The number of amides is 2. The van der Waals surface area contributed by atoms with Gasteiger partial charge in [0, 0.05) is 51.3 Å². The molecular weight excluding hydrogens is 266 g/mol. The molecule has 5 heteroatoms. The summed E-state index contributed by atoms with van der Waals surface area (Å²) < 4.78 is 0. The van der Waals surface area contributed by atoms with Gasteiger partial charge in [0.25, 0.3) is 5.91 Å². The molecule has 1 aliphatic rings. The van der Waals surface area contributed by atoms with Crippen molar-refractivity contribution in [2.45, 2.75) is 13.3 Å². The first-order valence-corrected chi connectivity index (χ1v) is 7.55. The maximum Gasteiger partial charge on any atom is 0.253 e. The Bertz CT molecular complexity index is 470. The van der Waals surface area contributed by atoms with Crippen molar-refractivity contribution in [3.05, 3.63) is 35.9 Å². The quantitative estimate of drug-likeness (QED) is 0.879. The van der Waals surface area contributed by atoms with E-state index in [0.29, 0.717) is 25.1 Å². The highest BCUT2D eigenvalue weighted by Crippen LogP contribution is 2.06. The van der Waals surface area contributed by atoms with Crippen LogP contribution in [0.3, 0.4) is 0 Å². The molecule has 1 heterocycles. The van der Waals surface area contributed by atoms with Crippen molar-refractivity contribution in [2.75, 3.05) is 39.3 Å². The van der Waals surface area contributed by atoms with Crippen LogP contribution in [0.25, 0.3) is 0 Å². The molecule has 0 atom stereocenters. The first-order chi connectivity index (χ1) is 10.2.